The zero-order chi connectivity index (χ0) is 11.5. The minimum absolute atomic E-state index is 0.111. The Balaban J connectivity index is 2.08. The van der Waals surface area contributed by atoms with Crippen LogP contribution in [0.3, 0.4) is 0 Å². The molecule has 2 rings (SSSR count). The second-order valence-corrected chi connectivity index (χ2v) is 4.51. The Bertz CT molecular complexity index is 425. The first kappa shape index (κ1) is 11.3. The van der Waals surface area contributed by atoms with Crippen molar-refractivity contribution >= 4 is 21.8 Å². The van der Waals surface area contributed by atoms with Gasteiger partial charge in [-0.3, -0.25) is 9.59 Å². The molecule has 86 valence electrons. The SMILES string of the molecule is O=C(c1ccc(=O)[nH]n1)N1CCC(CBr)C1. The molecule has 2 heterocycles. The fourth-order valence-electron chi connectivity index (χ4n) is 1.77. The summed E-state index contributed by atoms with van der Waals surface area (Å²) < 4.78 is 0. The second-order valence-electron chi connectivity index (χ2n) is 3.87. The van der Waals surface area contributed by atoms with E-state index in [1.807, 2.05) is 0 Å². The molecule has 1 amide bonds. The zero-order valence-electron chi connectivity index (χ0n) is 8.65. The number of rotatable bonds is 2. The summed E-state index contributed by atoms with van der Waals surface area (Å²) in [4.78, 5) is 24.5. The summed E-state index contributed by atoms with van der Waals surface area (Å²) in [7, 11) is 0. The van der Waals surface area contributed by atoms with Crippen molar-refractivity contribution in [3.8, 4) is 0 Å². The predicted octanol–water partition coefficient (Wildman–Crippen LogP) is 0.627. The number of nitrogens with one attached hydrogen (secondary N) is 1. The average molecular weight is 286 g/mol. The summed E-state index contributed by atoms with van der Waals surface area (Å²) in [6, 6.07) is 2.78. The number of H-pyrrole nitrogens is 1. The topological polar surface area (TPSA) is 66.1 Å². The van der Waals surface area contributed by atoms with Crippen LogP contribution in [0.1, 0.15) is 16.9 Å². The van der Waals surface area contributed by atoms with Gasteiger partial charge < -0.3 is 4.90 Å². The maximum atomic E-state index is 11.9. The van der Waals surface area contributed by atoms with E-state index in [-0.39, 0.29) is 11.5 Å². The third-order valence-electron chi connectivity index (χ3n) is 2.69. The number of amides is 1. The number of aromatic nitrogens is 2. The summed E-state index contributed by atoms with van der Waals surface area (Å²) >= 11 is 3.42. The van der Waals surface area contributed by atoms with Gasteiger partial charge in [0.05, 0.1) is 0 Å². The molecule has 1 aliphatic heterocycles. The molecular weight excluding hydrogens is 274 g/mol. The smallest absolute Gasteiger partial charge is 0.274 e. The van der Waals surface area contributed by atoms with Crippen molar-refractivity contribution < 1.29 is 4.79 Å². The van der Waals surface area contributed by atoms with Crippen LogP contribution in [-0.4, -0.2) is 39.4 Å². The van der Waals surface area contributed by atoms with Gasteiger partial charge in [-0.25, -0.2) is 5.10 Å². The van der Waals surface area contributed by atoms with Gasteiger partial charge in [-0.1, -0.05) is 15.9 Å². The molecule has 1 aromatic heterocycles. The number of carbonyl (C=O) groups is 1. The van der Waals surface area contributed by atoms with Crippen molar-refractivity contribution in [1.82, 2.24) is 15.1 Å². The highest BCUT2D eigenvalue weighted by atomic mass is 79.9. The van der Waals surface area contributed by atoms with Crippen LogP contribution in [0.4, 0.5) is 0 Å². The van der Waals surface area contributed by atoms with Gasteiger partial charge >= 0.3 is 0 Å². The van der Waals surface area contributed by atoms with E-state index in [4.69, 9.17) is 0 Å². The first-order valence-corrected chi connectivity index (χ1v) is 6.24. The molecule has 0 radical (unpaired) electrons. The number of halogens is 1. The fourth-order valence-corrected chi connectivity index (χ4v) is 2.30. The van der Waals surface area contributed by atoms with Crippen LogP contribution in [0.5, 0.6) is 0 Å². The van der Waals surface area contributed by atoms with Crippen LogP contribution in [-0.2, 0) is 0 Å². The molecule has 16 heavy (non-hydrogen) atoms. The lowest BCUT2D eigenvalue weighted by molar-refractivity contribution is 0.0781. The quantitative estimate of drug-likeness (QED) is 0.811. The van der Waals surface area contributed by atoms with Gasteiger partial charge in [0.1, 0.15) is 5.69 Å². The summed E-state index contributed by atoms with van der Waals surface area (Å²) in [6.07, 6.45) is 1.01. The van der Waals surface area contributed by atoms with E-state index >= 15 is 0 Å². The lowest BCUT2D eigenvalue weighted by atomic mass is 10.2. The molecule has 1 fully saturated rings. The Morgan fingerprint density at radius 2 is 2.44 bits per heavy atom. The van der Waals surface area contributed by atoms with Crippen LogP contribution in [0, 0.1) is 5.92 Å². The van der Waals surface area contributed by atoms with Crippen molar-refractivity contribution in [1.29, 1.82) is 0 Å². The zero-order valence-corrected chi connectivity index (χ0v) is 10.2. The predicted molar refractivity (Wildman–Crippen MR) is 62.7 cm³/mol. The number of hydrogen-bond donors (Lipinski definition) is 1. The van der Waals surface area contributed by atoms with Crippen molar-refractivity contribution in [2.75, 3.05) is 18.4 Å². The molecule has 0 bridgehead atoms. The number of likely N-dealkylation sites (tertiary alicyclic amines) is 1. The number of aromatic amines is 1. The molecule has 0 aliphatic carbocycles. The van der Waals surface area contributed by atoms with E-state index in [2.05, 4.69) is 26.1 Å². The largest absolute Gasteiger partial charge is 0.337 e. The van der Waals surface area contributed by atoms with Gasteiger partial charge in [0.2, 0.25) is 0 Å². The van der Waals surface area contributed by atoms with E-state index in [0.717, 1.165) is 24.8 Å². The monoisotopic (exact) mass is 285 g/mol. The maximum absolute atomic E-state index is 11.9. The molecule has 0 saturated carbocycles. The third kappa shape index (κ3) is 2.32. The highest BCUT2D eigenvalue weighted by Crippen LogP contribution is 2.19. The standard InChI is InChI=1S/C10H12BrN3O2/c11-5-7-3-4-14(6-7)10(16)8-1-2-9(15)13-12-8/h1-2,7H,3-6H2,(H,13,15). The Hall–Kier alpha value is -1.17. The minimum Gasteiger partial charge on any atom is -0.337 e. The molecule has 1 N–H and O–H groups in total. The van der Waals surface area contributed by atoms with Gasteiger partial charge in [-0.05, 0) is 18.4 Å². The number of alkyl halides is 1. The first-order chi connectivity index (χ1) is 7.70. The molecule has 1 saturated heterocycles. The number of hydrogen-bond acceptors (Lipinski definition) is 3. The molecule has 0 aromatic carbocycles. The summed E-state index contributed by atoms with van der Waals surface area (Å²) in [5, 5.41) is 6.91. The van der Waals surface area contributed by atoms with Gasteiger partial charge in [0.25, 0.3) is 11.5 Å². The van der Waals surface area contributed by atoms with E-state index in [0.29, 0.717) is 11.6 Å². The molecule has 1 aliphatic rings. The summed E-state index contributed by atoms with van der Waals surface area (Å²) in [5.41, 5.74) is 0.00568. The average Bonchev–Trinajstić information content (AvgIpc) is 2.77. The van der Waals surface area contributed by atoms with E-state index < -0.39 is 0 Å². The van der Waals surface area contributed by atoms with Crippen molar-refractivity contribution in [3.63, 3.8) is 0 Å². The molecule has 5 nitrogen and oxygen atoms in total. The second kappa shape index (κ2) is 4.78. The Labute approximate surface area is 101 Å². The molecule has 1 atom stereocenters. The van der Waals surface area contributed by atoms with Crippen LogP contribution < -0.4 is 5.56 Å². The van der Waals surface area contributed by atoms with Crippen LogP contribution in [0.25, 0.3) is 0 Å². The molecular formula is C10H12BrN3O2. The molecule has 1 aromatic rings. The molecule has 6 heteroatoms. The van der Waals surface area contributed by atoms with E-state index in [1.165, 1.54) is 12.1 Å². The summed E-state index contributed by atoms with van der Waals surface area (Å²) in [6.45, 7) is 1.51. The van der Waals surface area contributed by atoms with E-state index in [9.17, 15) is 9.59 Å². The highest BCUT2D eigenvalue weighted by molar-refractivity contribution is 9.09. The van der Waals surface area contributed by atoms with Crippen molar-refractivity contribution in [2.45, 2.75) is 6.42 Å². The lowest BCUT2D eigenvalue weighted by Crippen LogP contribution is -2.30. The summed E-state index contributed by atoms with van der Waals surface area (Å²) in [5.74, 6) is 0.409. The van der Waals surface area contributed by atoms with Gasteiger partial charge in [0.15, 0.2) is 0 Å². The number of nitrogens with zero attached hydrogens (tertiary/aromatic N) is 2. The maximum Gasteiger partial charge on any atom is 0.274 e. The Kier molecular flexibility index (Phi) is 3.38. The van der Waals surface area contributed by atoms with Gasteiger partial charge in [0, 0.05) is 24.5 Å². The van der Waals surface area contributed by atoms with Gasteiger partial charge in [-0.15, -0.1) is 0 Å². The molecule has 0 spiro atoms. The molecule has 1 unspecified atom stereocenters. The van der Waals surface area contributed by atoms with Crippen LogP contribution in [0.2, 0.25) is 0 Å². The third-order valence-corrected chi connectivity index (χ3v) is 3.61. The van der Waals surface area contributed by atoms with Gasteiger partial charge in [-0.2, -0.15) is 5.10 Å². The van der Waals surface area contributed by atoms with E-state index in [1.54, 1.807) is 4.90 Å². The van der Waals surface area contributed by atoms with Crippen LogP contribution in [0.15, 0.2) is 16.9 Å². The Morgan fingerprint density at radius 3 is 3.00 bits per heavy atom. The number of carbonyl (C=O) groups excluding carboxylic acids is 1. The first-order valence-electron chi connectivity index (χ1n) is 5.11. The van der Waals surface area contributed by atoms with Crippen LogP contribution >= 0.6 is 15.9 Å². The highest BCUT2D eigenvalue weighted by Gasteiger charge is 2.26. The Morgan fingerprint density at radius 1 is 1.62 bits per heavy atom. The normalized spacial score (nSPS) is 20.1. The lowest BCUT2D eigenvalue weighted by Gasteiger charge is -2.14. The minimum atomic E-state index is -0.295. The fraction of sp³-hybridized carbons (Fsp3) is 0.500. The van der Waals surface area contributed by atoms with Crippen molar-refractivity contribution in [2.24, 2.45) is 5.92 Å². The van der Waals surface area contributed by atoms with Crippen molar-refractivity contribution in [3.05, 3.63) is 28.2 Å².